The highest BCUT2D eigenvalue weighted by atomic mass is 19.4. The second-order valence-electron chi connectivity index (χ2n) is 10.9. The first kappa shape index (κ1) is 32.0. The van der Waals surface area contributed by atoms with Crippen molar-refractivity contribution in [2.24, 2.45) is 11.3 Å². The molecule has 2 fully saturated rings. The number of para-hydroxylation sites is 1. The molecule has 0 atom stereocenters. The van der Waals surface area contributed by atoms with Gasteiger partial charge >= 0.3 is 12.1 Å². The van der Waals surface area contributed by atoms with Crippen LogP contribution in [0.2, 0.25) is 0 Å². The van der Waals surface area contributed by atoms with Gasteiger partial charge in [-0.25, -0.2) is 4.79 Å². The molecule has 2 heterocycles. The van der Waals surface area contributed by atoms with Gasteiger partial charge in [-0.3, -0.25) is 9.69 Å². The van der Waals surface area contributed by atoms with E-state index in [0.29, 0.717) is 28.4 Å². The Bertz CT molecular complexity index is 1180. The normalized spacial score (nSPS) is 16.7. The number of alkyl halides is 3. The fourth-order valence-electron chi connectivity index (χ4n) is 5.18. The van der Waals surface area contributed by atoms with Gasteiger partial charge in [0, 0.05) is 37.3 Å². The molecule has 11 heteroatoms. The van der Waals surface area contributed by atoms with Gasteiger partial charge in [-0.2, -0.15) is 13.2 Å². The number of carbonyl (C=O) groups excluding carboxylic acids is 1. The number of carboxylic acids is 1. The van der Waals surface area contributed by atoms with Crippen LogP contribution in [0.25, 0.3) is 0 Å². The SMILES string of the molecule is COc1ccc(C(=O)N2CCC3(CCN(Cc4ccccc4OCC(C)C)C3)CC2)cc1OC.O=C(O)C(F)(F)F. The smallest absolute Gasteiger partial charge is 0.490 e. The zero-order valence-electron chi connectivity index (χ0n) is 24.0. The van der Waals surface area contributed by atoms with Gasteiger partial charge in [0.1, 0.15) is 5.75 Å². The number of ether oxygens (including phenoxy) is 3. The van der Waals surface area contributed by atoms with Crippen molar-refractivity contribution in [3.05, 3.63) is 53.6 Å². The molecule has 2 aromatic carbocycles. The number of likely N-dealkylation sites (tertiary alicyclic amines) is 2. The molecule has 0 aliphatic carbocycles. The minimum Gasteiger partial charge on any atom is -0.493 e. The second-order valence-corrected chi connectivity index (χ2v) is 10.9. The molecule has 2 aliphatic heterocycles. The third kappa shape index (κ3) is 8.76. The number of benzene rings is 2. The first-order valence-electron chi connectivity index (χ1n) is 13.6. The summed E-state index contributed by atoms with van der Waals surface area (Å²) in [6, 6.07) is 13.8. The number of aliphatic carboxylic acids is 1. The number of nitrogens with zero attached hydrogens (tertiary/aromatic N) is 2. The summed E-state index contributed by atoms with van der Waals surface area (Å²) in [6.45, 7) is 9.80. The molecular weight excluding hydrogens is 541 g/mol. The topological polar surface area (TPSA) is 88.5 Å². The van der Waals surface area contributed by atoms with Crippen LogP contribution in [0.15, 0.2) is 42.5 Å². The van der Waals surface area contributed by atoms with Gasteiger partial charge in [0.2, 0.25) is 0 Å². The van der Waals surface area contributed by atoms with E-state index in [1.54, 1.807) is 26.4 Å². The first-order chi connectivity index (χ1) is 19.4. The first-order valence-corrected chi connectivity index (χ1v) is 13.6. The van der Waals surface area contributed by atoms with E-state index < -0.39 is 12.1 Å². The van der Waals surface area contributed by atoms with Crippen molar-refractivity contribution >= 4 is 11.9 Å². The van der Waals surface area contributed by atoms with Crippen molar-refractivity contribution in [3.63, 3.8) is 0 Å². The number of hydrogen-bond acceptors (Lipinski definition) is 6. The lowest BCUT2D eigenvalue weighted by Crippen LogP contribution is -2.44. The van der Waals surface area contributed by atoms with Gasteiger partial charge in [-0.1, -0.05) is 32.0 Å². The second kappa shape index (κ2) is 13.9. The average molecular weight is 581 g/mol. The molecule has 2 aliphatic rings. The molecule has 2 saturated heterocycles. The molecule has 0 bridgehead atoms. The van der Waals surface area contributed by atoms with E-state index in [2.05, 4.69) is 43.0 Å². The van der Waals surface area contributed by atoms with Gasteiger partial charge < -0.3 is 24.2 Å². The number of hydrogen-bond donors (Lipinski definition) is 1. The summed E-state index contributed by atoms with van der Waals surface area (Å²) >= 11 is 0. The third-order valence-electron chi connectivity index (χ3n) is 7.44. The minimum atomic E-state index is -5.08. The van der Waals surface area contributed by atoms with Crippen LogP contribution in [0.5, 0.6) is 17.2 Å². The Morgan fingerprint density at radius 2 is 1.56 bits per heavy atom. The van der Waals surface area contributed by atoms with E-state index in [1.165, 1.54) is 12.0 Å². The number of rotatable bonds is 8. The van der Waals surface area contributed by atoms with Crippen LogP contribution in [0.4, 0.5) is 13.2 Å². The molecule has 1 N–H and O–H groups in total. The predicted molar refractivity (Wildman–Crippen MR) is 147 cm³/mol. The van der Waals surface area contributed by atoms with Gasteiger partial charge in [0.05, 0.1) is 20.8 Å². The summed E-state index contributed by atoms with van der Waals surface area (Å²) < 4.78 is 48.5. The maximum absolute atomic E-state index is 13.1. The number of piperidine rings is 1. The van der Waals surface area contributed by atoms with Crippen LogP contribution in [0.1, 0.15) is 49.0 Å². The van der Waals surface area contributed by atoms with E-state index in [9.17, 15) is 18.0 Å². The number of amides is 1. The summed E-state index contributed by atoms with van der Waals surface area (Å²) in [4.78, 5) is 26.6. The Morgan fingerprint density at radius 3 is 2.15 bits per heavy atom. The maximum Gasteiger partial charge on any atom is 0.490 e. The molecule has 226 valence electrons. The molecule has 1 amide bonds. The van der Waals surface area contributed by atoms with Crippen molar-refractivity contribution in [2.75, 3.05) is 47.0 Å². The lowest BCUT2D eigenvalue weighted by Gasteiger charge is -2.39. The van der Waals surface area contributed by atoms with Crippen molar-refractivity contribution in [2.45, 2.75) is 45.8 Å². The zero-order valence-corrected chi connectivity index (χ0v) is 24.0. The molecule has 41 heavy (non-hydrogen) atoms. The Hall–Kier alpha value is -3.47. The lowest BCUT2D eigenvalue weighted by molar-refractivity contribution is -0.192. The van der Waals surface area contributed by atoms with E-state index >= 15 is 0 Å². The van der Waals surface area contributed by atoms with Crippen LogP contribution in [-0.2, 0) is 11.3 Å². The van der Waals surface area contributed by atoms with Crippen LogP contribution in [0, 0.1) is 11.3 Å². The van der Waals surface area contributed by atoms with Crippen LogP contribution < -0.4 is 14.2 Å². The molecule has 1 spiro atoms. The van der Waals surface area contributed by atoms with E-state index in [4.69, 9.17) is 24.1 Å². The largest absolute Gasteiger partial charge is 0.493 e. The highest BCUT2D eigenvalue weighted by Crippen LogP contribution is 2.41. The van der Waals surface area contributed by atoms with Gasteiger partial charge in [0.15, 0.2) is 11.5 Å². The van der Waals surface area contributed by atoms with E-state index in [0.717, 1.165) is 57.9 Å². The zero-order chi connectivity index (χ0) is 30.2. The van der Waals surface area contributed by atoms with Crippen molar-refractivity contribution in [3.8, 4) is 17.2 Å². The van der Waals surface area contributed by atoms with Crippen molar-refractivity contribution in [1.82, 2.24) is 9.80 Å². The molecule has 4 rings (SSSR count). The predicted octanol–water partition coefficient (Wildman–Crippen LogP) is 5.50. The molecule has 0 unspecified atom stereocenters. The Labute approximate surface area is 239 Å². The van der Waals surface area contributed by atoms with E-state index in [1.807, 2.05) is 11.0 Å². The number of methoxy groups -OCH3 is 2. The average Bonchev–Trinajstić information content (AvgIpc) is 3.33. The maximum atomic E-state index is 13.1. The standard InChI is InChI=1S/C28H38N2O4.C2HF3O2/c1-21(2)19-34-24-8-6-5-7-23(24)18-29-14-11-28(20-29)12-15-30(16-13-28)27(31)22-9-10-25(32-3)26(17-22)33-4;3-2(4,5)1(6)7/h5-10,17,21H,11-16,18-20H2,1-4H3;(H,6,7). The highest BCUT2D eigenvalue weighted by molar-refractivity contribution is 5.95. The molecular formula is C30H39F3N2O6. The summed E-state index contributed by atoms with van der Waals surface area (Å²) in [5.41, 5.74) is 2.23. The van der Waals surface area contributed by atoms with Crippen molar-refractivity contribution in [1.29, 1.82) is 0 Å². The summed E-state index contributed by atoms with van der Waals surface area (Å²) in [5, 5.41) is 7.12. The van der Waals surface area contributed by atoms with Gasteiger partial charge in [0.25, 0.3) is 5.91 Å². The summed E-state index contributed by atoms with van der Waals surface area (Å²) in [7, 11) is 3.20. The number of carbonyl (C=O) groups is 2. The third-order valence-corrected chi connectivity index (χ3v) is 7.44. The fourth-order valence-corrected chi connectivity index (χ4v) is 5.18. The number of halogens is 3. The molecule has 8 nitrogen and oxygen atoms in total. The monoisotopic (exact) mass is 580 g/mol. The van der Waals surface area contributed by atoms with Crippen LogP contribution >= 0.6 is 0 Å². The van der Waals surface area contributed by atoms with Crippen LogP contribution in [-0.4, -0.2) is 80.0 Å². The summed E-state index contributed by atoms with van der Waals surface area (Å²) in [6.07, 6.45) is -1.79. The quantitative estimate of drug-likeness (QED) is 0.441. The summed E-state index contributed by atoms with van der Waals surface area (Å²) in [5.74, 6) is 0.0571. The Kier molecular flexibility index (Phi) is 10.9. The van der Waals surface area contributed by atoms with E-state index in [-0.39, 0.29) is 5.91 Å². The highest BCUT2D eigenvalue weighted by Gasteiger charge is 2.41. The molecule has 0 radical (unpaired) electrons. The van der Waals surface area contributed by atoms with Gasteiger partial charge in [-0.05, 0) is 61.4 Å². The molecule has 2 aromatic rings. The lowest BCUT2D eigenvalue weighted by atomic mass is 9.77. The Morgan fingerprint density at radius 1 is 0.951 bits per heavy atom. The molecule has 0 saturated carbocycles. The van der Waals surface area contributed by atoms with Gasteiger partial charge in [-0.15, -0.1) is 0 Å². The fraction of sp³-hybridized carbons (Fsp3) is 0.533. The Balaban J connectivity index is 0.000000587. The number of carboxylic acid groups (broad SMARTS) is 1. The minimum absolute atomic E-state index is 0.0712. The van der Waals surface area contributed by atoms with Crippen LogP contribution in [0.3, 0.4) is 0 Å². The molecule has 0 aromatic heterocycles. The van der Waals surface area contributed by atoms with Crippen molar-refractivity contribution < 1.29 is 42.1 Å².